The Kier molecular flexibility index (Phi) is 4.70. The minimum absolute atomic E-state index is 0.794. The maximum Gasteiger partial charge on any atom is 0.0739 e. The summed E-state index contributed by atoms with van der Waals surface area (Å²) >= 11 is 3.63. The Balaban J connectivity index is 2.27. The molecule has 108 valence electrons. The number of aryl methyl sites for hydroxylation is 2. The van der Waals surface area contributed by atoms with Gasteiger partial charge in [0.2, 0.25) is 0 Å². The van der Waals surface area contributed by atoms with Crippen LogP contribution in [0.5, 0.6) is 0 Å². The van der Waals surface area contributed by atoms with Crippen LogP contribution in [0.2, 0.25) is 0 Å². The molecule has 0 saturated heterocycles. The normalized spacial score (nSPS) is 10.8. The summed E-state index contributed by atoms with van der Waals surface area (Å²) in [7, 11) is 1.99. The molecule has 0 aliphatic carbocycles. The monoisotopic (exact) mass is 336 g/mol. The van der Waals surface area contributed by atoms with Crippen molar-refractivity contribution in [1.29, 1.82) is 0 Å². The molecule has 0 aliphatic heterocycles. The molecule has 0 radical (unpaired) electrons. The van der Waals surface area contributed by atoms with Crippen LogP contribution in [0.4, 0.5) is 11.4 Å². The zero-order chi connectivity index (χ0) is 14.7. The summed E-state index contributed by atoms with van der Waals surface area (Å²) in [4.78, 5) is 2.35. The van der Waals surface area contributed by atoms with Gasteiger partial charge in [-0.25, -0.2) is 0 Å². The fourth-order valence-electron chi connectivity index (χ4n) is 2.29. The topological polar surface area (TPSA) is 47.1 Å². The van der Waals surface area contributed by atoms with Crippen LogP contribution in [0.15, 0.2) is 28.7 Å². The molecule has 0 aliphatic rings. The third kappa shape index (κ3) is 3.15. The van der Waals surface area contributed by atoms with Gasteiger partial charge in [-0.05, 0) is 53.5 Å². The molecular weight excluding hydrogens is 316 g/mol. The fourth-order valence-corrected chi connectivity index (χ4v) is 2.75. The lowest BCUT2D eigenvalue weighted by molar-refractivity contribution is 0.669. The zero-order valence-electron chi connectivity index (χ0n) is 12.2. The molecule has 2 aromatic rings. The first-order valence-electron chi connectivity index (χ1n) is 6.81. The van der Waals surface area contributed by atoms with E-state index in [0.29, 0.717) is 0 Å². The van der Waals surface area contributed by atoms with Gasteiger partial charge in [-0.2, -0.15) is 5.10 Å². The first-order valence-corrected chi connectivity index (χ1v) is 7.60. The molecule has 2 rings (SSSR count). The summed E-state index contributed by atoms with van der Waals surface area (Å²) in [6.45, 7) is 6.03. The summed E-state index contributed by atoms with van der Waals surface area (Å²) in [5, 5.41) is 4.45. The van der Waals surface area contributed by atoms with Crippen LogP contribution >= 0.6 is 15.9 Å². The number of rotatable bonds is 5. The summed E-state index contributed by atoms with van der Waals surface area (Å²) in [5.74, 6) is 0. The van der Waals surface area contributed by atoms with Crippen LogP contribution in [0.3, 0.4) is 0 Å². The molecule has 4 nitrogen and oxygen atoms in total. The Hall–Kier alpha value is -1.49. The van der Waals surface area contributed by atoms with Crippen molar-refractivity contribution >= 4 is 27.3 Å². The lowest BCUT2D eigenvalue weighted by Crippen LogP contribution is -2.25. The van der Waals surface area contributed by atoms with E-state index in [0.717, 1.165) is 35.4 Å². The van der Waals surface area contributed by atoms with E-state index < -0.39 is 0 Å². The number of anilines is 2. The average Bonchev–Trinajstić information content (AvgIpc) is 2.65. The predicted molar refractivity (Wildman–Crippen MR) is 87.8 cm³/mol. The van der Waals surface area contributed by atoms with Crippen LogP contribution in [-0.4, -0.2) is 16.3 Å². The minimum Gasteiger partial charge on any atom is -0.399 e. The lowest BCUT2D eigenvalue weighted by Gasteiger charge is -2.24. The minimum atomic E-state index is 0.794. The highest BCUT2D eigenvalue weighted by Crippen LogP contribution is 2.25. The molecule has 2 N–H and O–H groups in total. The molecule has 5 heteroatoms. The van der Waals surface area contributed by atoms with Gasteiger partial charge in [-0.15, -0.1) is 0 Å². The van der Waals surface area contributed by atoms with Gasteiger partial charge in [0.05, 0.1) is 22.4 Å². The molecule has 1 heterocycles. The van der Waals surface area contributed by atoms with E-state index in [9.17, 15) is 0 Å². The molecule has 0 unspecified atom stereocenters. The third-order valence-electron chi connectivity index (χ3n) is 3.35. The Morgan fingerprint density at radius 2 is 1.95 bits per heavy atom. The summed E-state index contributed by atoms with van der Waals surface area (Å²) in [6, 6.07) is 8.04. The van der Waals surface area contributed by atoms with Crippen LogP contribution in [-0.2, 0) is 13.6 Å². The second-order valence-corrected chi connectivity index (χ2v) is 5.78. The number of hydrogen-bond acceptors (Lipinski definition) is 3. The van der Waals surface area contributed by atoms with Gasteiger partial charge in [-0.1, -0.05) is 6.92 Å². The van der Waals surface area contributed by atoms with Gasteiger partial charge in [0, 0.05) is 25.0 Å². The Morgan fingerprint density at radius 3 is 2.45 bits per heavy atom. The Labute approximate surface area is 128 Å². The number of benzene rings is 1. The lowest BCUT2D eigenvalue weighted by atomic mass is 10.2. The quantitative estimate of drug-likeness (QED) is 0.850. The molecular formula is C15H21BrN4. The molecule has 0 amide bonds. The average molecular weight is 337 g/mol. The molecule has 1 aromatic carbocycles. The third-order valence-corrected chi connectivity index (χ3v) is 4.39. The first kappa shape index (κ1) is 14.9. The van der Waals surface area contributed by atoms with Crippen molar-refractivity contribution in [3.63, 3.8) is 0 Å². The van der Waals surface area contributed by atoms with Gasteiger partial charge >= 0.3 is 0 Å². The molecule has 0 bridgehead atoms. The molecule has 0 atom stereocenters. The van der Waals surface area contributed by atoms with Crippen molar-refractivity contribution < 1.29 is 0 Å². The maximum atomic E-state index is 5.76. The number of halogens is 1. The highest BCUT2D eigenvalue weighted by Gasteiger charge is 2.14. The number of nitrogens with two attached hydrogens (primary N) is 1. The van der Waals surface area contributed by atoms with Crippen LogP contribution in [0, 0.1) is 6.92 Å². The second kappa shape index (κ2) is 6.31. The highest BCUT2D eigenvalue weighted by molar-refractivity contribution is 9.10. The maximum absolute atomic E-state index is 5.76. The van der Waals surface area contributed by atoms with Gasteiger partial charge in [-0.3, -0.25) is 4.68 Å². The molecule has 1 aromatic heterocycles. The van der Waals surface area contributed by atoms with Gasteiger partial charge in [0.15, 0.2) is 0 Å². The van der Waals surface area contributed by atoms with Crippen molar-refractivity contribution in [1.82, 2.24) is 9.78 Å². The van der Waals surface area contributed by atoms with E-state index in [4.69, 9.17) is 5.73 Å². The van der Waals surface area contributed by atoms with Gasteiger partial charge in [0.25, 0.3) is 0 Å². The standard InChI is InChI=1S/C15H21BrN4/c1-4-9-20(13-7-5-12(17)6-8-13)10-14-15(16)11(2)18-19(14)3/h5-8H,4,9-10,17H2,1-3H3. The number of nitrogen functional groups attached to an aromatic ring is 1. The largest absolute Gasteiger partial charge is 0.399 e. The van der Waals surface area contributed by atoms with Gasteiger partial charge in [0.1, 0.15) is 0 Å². The van der Waals surface area contributed by atoms with Crippen molar-refractivity contribution in [3.8, 4) is 0 Å². The molecule has 0 saturated carbocycles. The van der Waals surface area contributed by atoms with Crippen molar-refractivity contribution in [3.05, 3.63) is 40.1 Å². The van der Waals surface area contributed by atoms with Crippen molar-refractivity contribution in [2.75, 3.05) is 17.2 Å². The Morgan fingerprint density at radius 1 is 1.30 bits per heavy atom. The molecule has 0 fully saturated rings. The van der Waals surface area contributed by atoms with E-state index in [-0.39, 0.29) is 0 Å². The highest BCUT2D eigenvalue weighted by atomic mass is 79.9. The van der Waals surface area contributed by atoms with E-state index in [1.165, 1.54) is 11.4 Å². The van der Waals surface area contributed by atoms with Crippen LogP contribution in [0.1, 0.15) is 24.7 Å². The van der Waals surface area contributed by atoms with Gasteiger partial charge < -0.3 is 10.6 Å². The first-order chi connectivity index (χ1) is 9.52. The summed E-state index contributed by atoms with van der Waals surface area (Å²) in [6.07, 6.45) is 1.10. The summed E-state index contributed by atoms with van der Waals surface area (Å²) < 4.78 is 3.04. The number of nitrogens with zero attached hydrogens (tertiary/aromatic N) is 3. The van der Waals surface area contributed by atoms with Crippen molar-refractivity contribution in [2.45, 2.75) is 26.8 Å². The number of hydrogen-bond donors (Lipinski definition) is 1. The SMILES string of the molecule is CCCN(Cc1c(Br)c(C)nn1C)c1ccc(N)cc1. The predicted octanol–water partition coefficient (Wildman–Crippen LogP) is 3.49. The van der Waals surface area contributed by atoms with E-state index in [1.807, 2.05) is 30.8 Å². The molecule has 20 heavy (non-hydrogen) atoms. The van der Waals surface area contributed by atoms with Crippen molar-refractivity contribution in [2.24, 2.45) is 7.05 Å². The number of aromatic nitrogens is 2. The molecule has 0 spiro atoms. The smallest absolute Gasteiger partial charge is 0.0739 e. The fraction of sp³-hybridized carbons (Fsp3) is 0.400. The van der Waals surface area contributed by atoms with E-state index in [2.05, 4.69) is 45.0 Å². The summed E-state index contributed by atoms with van der Waals surface area (Å²) in [5.41, 5.74) is 9.96. The van der Waals surface area contributed by atoms with E-state index in [1.54, 1.807) is 0 Å². The van der Waals surface area contributed by atoms with Crippen LogP contribution < -0.4 is 10.6 Å². The van der Waals surface area contributed by atoms with Crippen LogP contribution in [0.25, 0.3) is 0 Å². The Bertz CT molecular complexity index is 574. The zero-order valence-corrected chi connectivity index (χ0v) is 13.8. The van der Waals surface area contributed by atoms with E-state index >= 15 is 0 Å². The second-order valence-electron chi connectivity index (χ2n) is 4.98.